The monoisotopic (exact) mass is 272 g/mol. The van der Waals surface area contributed by atoms with Crippen molar-refractivity contribution in [2.75, 3.05) is 11.6 Å². The zero-order chi connectivity index (χ0) is 14.3. The van der Waals surface area contributed by atoms with E-state index in [9.17, 15) is 14.7 Å². The van der Waals surface area contributed by atoms with Crippen molar-refractivity contribution in [2.45, 2.75) is 6.04 Å². The van der Waals surface area contributed by atoms with E-state index < -0.39 is 17.9 Å². The molecule has 6 nitrogen and oxygen atoms in total. The Bertz CT molecular complexity index is 699. The molecule has 1 heterocycles. The lowest BCUT2D eigenvalue weighted by Gasteiger charge is -2.22. The van der Waals surface area contributed by atoms with Gasteiger partial charge in [0.25, 0.3) is 5.91 Å². The number of rotatable bonds is 3. The molecule has 0 saturated heterocycles. The molecular formula is C14H12N2O4. The van der Waals surface area contributed by atoms with Crippen LogP contribution in [-0.4, -0.2) is 29.8 Å². The van der Waals surface area contributed by atoms with E-state index in [4.69, 9.17) is 10.5 Å². The van der Waals surface area contributed by atoms with E-state index in [0.717, 1.165) is 10.8 Å². The van der Waals surface area contributed by atoms with Gasteiger partial charge in [-0.15, -0.1) is 0 Å². The fourth-order valence-electron chi connectivity index (χ4n) is 2.46. The first-order valence-electron chi connectivity index (χ1n) is 6.03. The van der Waals surface area contributed by atoms with E-state index in [1.807, 2.05) is 30.3 Å². The van der Waals surface area contributed by atoms with Gasteiger partial charge in [0.2, 0.25) is 6.04 Å². The lowest BCUT2D eigenvalue weighted by Crippen LogP contribution is -2.49. The van der Waals surface area contributed by atoms with Crippen LogP contribution in [-0.2, 0) is 9.59 Å². The summed E-state index contributed by atoms with van der Waals surface area (Å²) in [6.07, 6.45) is 0. The van der Waals surface area contributed by atoms with Crippen LogP contribution in [0.1, 0.15) is 0 Å². The molecule has 102 valence electrons. The number of fused-ring (bicyclic) bond motifs is 3. The molecule has 1 unspecified atom stereocenters. The first-order chi connectivity index (χ1) is 9.59. The molecular weight excluding hydrogens is 260 g/mol. The number of carbonyl (C=O) groups is 2. The third kappa shape index (κ3) is 1.73. The van der Waals surface area contributed by atoms with Crippen molar-refractivity contribution in [2.24, 2.45) is 5.73 Å². The van der Waals surface area contributed by atoms with Crippen LogP contribution in [0.3, 0.4) is 0 Å². The summed E-state index contributed by atoms with van der Waals surface area (Å²) in [7, 11) is 0. The number of ether oxygens (including phenoxy) is 1. The summed E-state index contributed by atoms with van der Waals surface area (Å²) in [6.45, 7) is -0.0107. The zero-order valence-electron chi connectivity index (χ0n) is 10.4. The predicted molar refractivity (Wildman–Crippen MR) is 72.5 cm³/mol. The van der Waals surface area contributed by atoms with Crippen LogP contribution >= 0.6 is 0 Å². The van der Waals surface area contributed by atoms with E-state index in [-0.39, 0.29) is 6.73 Å². The predicted octanol–water partition coefficient (Wildman–Crippen LogP) is 0.935. The van der Waals surface area contributed by atoms with Crippen molar-refractivity contribution in [3.05, 3.63) is 36.4 Å². The van der Waals surface area contributed by atoms with Gasteiger partial charge in [0.1, 0.15) is 5.75 Å². The van der Waals surface area contributed by atoms with Crippen molar-refractivity contribution >= 4 is 28.3 Å². The molecule has 0 fully saturated rings. The number of amides is 1. The van der Waals surface area contributed by atoms with E-state index in [2.05, 4.69) is 0 Å². The second-order valence-electron chi connectivity index (χ2n) is 4.52. The van der Waals surface area contributed by atoms with Gasteiger partial charge in [-0.3, -0.25) is 4.79 Å². The Morgan fingerprint density at radius 2 is 2.00 bits per heavy atom. The van der Waals surface area contributed by atoms with Crippen molar-refractivity contribution < 1.29 is 19.4 Å². The summed E-state index contributed by atoms with van der Waals surface area (Å²) in [4.78, 5) is 24.1. The van der Waals surface area contributed by atoms with Crippen LogP contribution in [0, 0.1) is 0 Å². The summed E-state index contributed by atoms with van der Waals surface area (Å²) in [6, 6.07) is 9.70. The molecule has 2 aromatic carbocycles. The molecule has 0 aliphatic carbocycles. The first kappa shape index (κ1) is 12.3. The normalized spacial score (nSPS) is 14.7. The van der Waals surface area contributed by atoms with Gasteiger partial charge in [0.05, 0.1) is 5.69 Å². The molecule has 1 atom stereocenters. The lowest BCUT2D eigenvalue weighted by atomic mass is 10.1. The lowest BCUT2D eigenvalue weighted by molar-refractivity contribution is -0.142. The molecule has 20 heavy (non-hydrogen) atoms. The Hall–Kier alpha value is -2.76. The molecule has 3 rings (SSSR count). The number of hydrogen-bond acceptors (Lipinski definition) is 4. The van der Waals surface area contributed by atoms with Crippen LogP contribution < -0.4 is 15.4 Å². The van der Waals surface area contributed by atoms with E-state index in [1.54, 1.807) is 6.07 Å². The molecule has 6 heteroatoms. The van der Waals surface area contributed by atoms with Crippen LogP contribution in [0.2, 0.25) is 0 Å². The number of benzene rings is 2. The van der Waals surface area contributed by atoms with Crippen molar-refractivity contribution in [1.29, 1.82) is 0 Å². The summed E-state index contributed by atoms with van der Waals surface area (Å²) < 4.78 is 5.46. The number of carbonyl (C=O) groups excluding carboxylic acids is 1. The highest BCUT2D eigenvalue weighted by Gasteiger charge is 2.37. The van der Waals surface area contributed by atoms with Gasteiger partial charge in [-0.1, -0.05) is 30.3 Å². The maximum absolute atomic E-state index is 11.4. The van der Waals surface area contributed by atoms with Crippen LogP contribution in [0.5, 0.6) is 5.75 Å². The minimum atomic E-state index is -1.44. The molecule has 0 saturated carbocycles. The third-order valence-corrected chi connectivity index (χ3v) is 3.33. The smallest absolute Gasteiger partial charge is 0.336 e. The first-order valence-corrected chi connectivity index (χ1v) is 6.03. The number of hydrogen-bond donors (Lipinski definition) is 2. The average Bonchev–Trinajstić information content (AvgIpc) is 2.82. The fraction of sp³-hybridized carbons (Fsp3) is 0.143. The van der Waals surface area contributed by atoms with Crippen LogP contribution in [0.15, 0.2) is 36.4 Å². The highest BCUT2D eigenvalue weighted by molar-refractivity contribution is 6.07. The number of carboxylic acids is 1. The summed E-state index contributed by atoms with van der Waals surface area (Å²) in [5.41, 5.74) is 5.79. The minimum Gasteiger partial charge on any atom is -0.479 e. The number of primary amides is 1. The van der Waals surface area contributed by atoms with E-state index >= 15 is 0 Å². The van der Waals surface area contributed by atoms with Gasteiger partial charge in [-0.25, -0.2) is 4.79 Å². The number of nitrogens with two attached hydrogens (primary N) is 1. The van der Waals surface area contributed by atoms with E-state index in [1.165, 1.54) is 4.90 Å². The summed E-state index contributed by atoms with van der Waals surface area (Å²) in [5.74, 6) is -1.65. The van der Waals surface area contributed by atoms with Gasteiger partial charge in [0, 0.05) is 5.39 Å². The molecule has 1 aliphatic rings. The Morgan fingerprint density at radius 3 is 2.70 bits per heavy atom. The quantitative estimate of drug-likeness (QED) is 0.811. The Kier molecular flexibility index (Phi) is 2.71. The second kappa shape index (κ2) is 4.41. The highest BCUT2D eigenvalue weighted by Crippen LogP contribution is 2.41. The number of carboxylic acid groups (broad SMARTS) is 1. The van der Waals surface area contributed by atoms with Crippen molar-refractivity contribution in [1.82, 2.24) is 0 Å². The van der Waals surface area contributed by atoms with Gasteiger partial charge >= 0.3 is 5.97 Å². The second-order valence-corrected chi connectivity index (χ2v) is 4.52. The minimum absolute atomic E-state index is 0.0107. The fourth-order valence-corrected chi connectivity index (χ4v) is 2.46. The maximum atomic E-state index is 11.4. The average molecular weight is 272 g/mol. The highest BCUT2D eigenvalue weighted by atomic mass is 16.5. The SMILES string of the molecule is NC(=O)C(C(=O)O)N1COc2ccc3ccccc3c21. The molecule has 2 aromatic rings. The summed E-state index contributed by atoms with van der Waals surface area (Å²) in [5, 5.41) is 11.0. The maximum Gasteiger partial charge on any atom is 0.336 e. The van der Waals surface area contributed by atoms with Gasteiger partial charge < -0.3 is 20.5 Å². The van der Waals surface area contributed by atoms with Gasteiger partial charge in [-0.2, -0.15) is 0 Å². The molecule has 0 bridgehead atoms. The molecule has 0 aromatic heterocycles. The Balaban J connectivity index is 2.20. The largest absolute Gasteiger partial charge is 0.479 e. The molecule has 1 aliphatic heterocycles. The third-order valence-electron chi connectivity index (χ3n) is 3.33. The van der Waals surface area contributed by atoms with Crippen LogP contribution in [0.25, 0.3) is 10.8 Å². The number of nitrogens with zero attached hydrogens (tertiary/aromatic N) is 1. The van der Waals surface area contributed by atoms with Crippen LogP contribution in [0.4, 0.5) is 5.69 Å². The van der Waals surface area contributed by atoms with Gasteiger partial charge in [0.15, 0.2) is 6.73 Å². The zero-order valence-corrected chi connectivity index (χ0v) is 10.4. The Labute approximate surface area is 114 Å². The summed E-state index contributed by atoms with van der Waals surface area (Å²) >= 11 is 0. The molecule has 1 amide bonds. The number of aliphatic carboxylic acids is 1. The molecule has 0 spiro atoms. The molecule has 3 N–H and O–H groups in total. The number of anilines is 1. The van der Waals surface area contributed by atoms with Crippen molar-refractivity contribution in [3.8, 4) is 5.75 Å². The molecule has 0 radical (unpaired) electrons. The standard InChI is InChI=1S/C14H12N2O4/c15-13(17)12(14(18)19)16-7-20-10-6-5-8-3-1-2-4-9(8)11(10)16/h1-6,12H,7H2,(H2,15,17)(H,18,19). The van der Waals surface area contributed by atoms with Crippen molar-refractivity contribution in [3.63, 3.8) is 0 Å². The van der Waals surface area contributed by atoms with Gasteiger partial charge in [-0.05, 0) is 11.5 Å². The van der Waals surface area contributed by atoms with E-state index in [0.29, 0.717) is 11.4 Å². The Morgan fingerprint density at radius 1 is 1.25 bits per heavy atom. The topological polar surface area (TPSA) is 92.9 Å².